The van der Waals surface area contributed by atoms with Crippen LogP contribution in [-0.4, -0.2) is 19.1 Å². The number of rotatable bonds is 1. The molecule has 21 heavy (non-hydrogen) atoms. The second-order valence-electron chi connectivity index (χ2n) is 4.65. The van der Waals surface area contributed by atoms with Gasteiger partial charge in [0.2, 0.25) is 0 Å². The van der Waals surface area contributed by atoms with Crippen LogP contribution < -0.4 is 11.2 Å². The zero-order valence-electron chi connectivity index (χ0n) is 11.4. The van der Waals surface area contributed by atoms with Crippen LogP contribution >= 0.6 is 0 Å². The zero-order chi connectivity index (χ0) is 15.1. The molecule has 6 nitrogen and oxygen atoms in total. The Morgan fingerprint density at radius 3 is 2.52 bits per heavy atom. The molecule has 3 rings (SSSR count). The predicted octanol–water partition coefficient (Wildman–Crippen LogP) is 0.785. The van der Waals surface area contributed by atoms with Crippen LogP contribution in [0.1, 0.15) is 0 Å². The summed E-state index contributed by atoms with van der Waals surface area (Å²) in [5.41, 5.74) is -0.591. The molecule has 2 aliphatic rings. The molecule has 2 aliphatic heterocycles. The normalized spacial score (nSPS) is 11.0. The summed E-state index contributed by atoms with van der Waals surface area (Å²) < 4.78 is 16.2. The maximum Gasteiger partial charge on any atom is 0.352 e. The molecule has 0 saturated carbocycles. The van der Waals surface area contributed by atoms with Crippen LogP contribution in [0.4, 0.5) is 4.39 Å². The quantitative estimate of drug-likeness (QED) is 0.663. The molecule has 1 aromatic carbocycles. The number of hydrogen-bond acceptors (Lipinski definition) is 4. The molecule has 106 valence electrons. The number of hydrogen-bond donors (Lipinski definition) is 0. The van der Waals surface area contributed by atoms with E-state index < -0.39 is 17.1 Å². The Kier molecular flexibility index (Phi) is 2.90. The zero-order valence-corrected chi connectivity index (χ0v) is 11.4. The van der Waals surface area contributed by atoms with Crippen molar-refractivity contribution in [2.24, 2.45) is 14.1 Å². The van der Waals surface area contributed by atoms with Gasteiger partial charge in [-0.1, -0.05) is 12.1 Å². The highest BCUT2D eigenvalue weighted by Gasteiger charge is 2.18. The third kappa shape index (κ3) is 2.03. The summed E-state index contributed by atoms with van der Waals surface area (Å²) in [5, 5.41) is 0. The molecular formula is C14H11FN4O2. The smallest absolute Gasteiger partial charge is 0.332 e. The lowest BCUT2D eigenvalue weighted by Gasteiger charge is -2.12. The first-order valence-corrected chi connectivity index (χ1v) is 6.18. The topological polar surface area (TPSA) is 69.8 Å². The average Bonchev–Trinajstić information content (AvgIpc) is 2.46. The molecule has 0 amide bonds. The highest BCUT2D eigenvalue weighted by molar-refractivity contribution is 5.63. The van der Waals surface area contributed by atoms with Crippen molar-refractivity contribution in [1.82, 2.24) is 19.1 Å². The van der Waals surface area contributed by atoms with Gasteiger partial charge in [-0.25, -0.2) is 14.2 Å². The van der Waals surface area contributed by atoms with Gasteiger partial charge in [0.05, 0.1) is 5.69 Å². The number of nitrogens with zero attached hydrogens (tertiary/aromatic N) is 4. The van der Waals surface area contributed by atoms with Crippen LogP contribution in [0.25, 0.3) is 22.8 Å². The highest BCUT2D eigenvalue weighted by atomic mass is 19.1. The van der Waals surface area contributed by atoms with Crippen molar-refractivity contribution in [3.63, 3.8) is 0 Å². The SMILES string of the molecule is Cn1cc(-c2ccccc2F)nc2c(=O)n(C)c(=O)nc1-2. The third-order valence-corrected chi connectivity index (χ3v) is 3.24. The molecule has 0 atom stereocenters. The predicted molar refractivity (Wildman–Crippen MR) is 74.5 cm³/mol. The van der Waals surface area contributed by atoms with E-state index in [9.17, 15) is 14.0 Å². The Hall–Kier alpha value is -2.83. The van der Waals surface area contributed by atoms with Crippen LogP contribution in [0, 0.1) is 5.82 Å². The first-order chi connectivity index (χ1) is 9.99. The molecule has 0 aliphatic carbocycles. The number of benzene rings is 1. The van der Waals surface area contributed by atoms with Gasteiger partial charge in [0.15, 0.2) is 11.5 Å². The van der Waals surface area contributed by atoms with Crippen LogP contribution in [0.3, 0.4) is 0 Å². The summed E-state index contributed by atoms with van der Waals surface area (Å²) in [5.74, 6) is -0.266. The Bertz CT molecular complexity index is 929. The summed E-state index contributed by atoms with van der Waals surface area (Å²) >= 11 is 0. The molecule has 0 N–H and O–H groups in total. The second kappa shape index (κ2) is 4.62. The van der Waals surface area contributed by atoms with Crippen LogP contribution in [0.15, 0.2) is 40.1 Å². The fourth-order valence-electron chi connectivity index (χ4n) is 2.10. The minimum Gasteiger partial charge on any atom is -0.332 e. The molecule has 0 bridgehead atoms. The van der Waals surface area contributed by atoms with E-state index in [1.165, 1.54) is 23.9 Å². The summed E-state index contributed by atoms with van der Waals surface area (Å²) in [6, 6.07) is 6.15. The number of aromatic nitrogens is 4. The maximum absolute atomic E-state index is 13.9. The fourth-order valence-corrected chi connectivity index (χ4v) is 2.10. The molecule has 0 radical (unpaired) electrons. The lowest BCUT2D eigenvalue weighted by Crippen LogP contribution is -2.36. The Balaban J connectivity index is 2.40. The van der Waals surface area contributed by atoms with Crippen molar-refractivity contribution in [1.29, 1.82) is 0 Å². The van der Waals surface area contributed by atoms with Gasteiger partial charge in [-0.05, 0) is 12.1 Å². The number of aryl methyl sites for hydroxylation is 1. The van der Waals surface area contributed by atoms with Crippen LogP contribution in [-0.2, 0) is 14.1 Å². The molecule has 0 fully saturated rings. The van der Waals surface area contributed by atoms with Crippen LogP contribution in [0.5, 0.6) is 0 Å². The van der Waals surface area contributed by atoms with Gasteiger partial charge in [-0.3, -0.25) is 9.36 Å². The highest BCUT2D eigenvalue weighted by Crippen LogP contribution is 2.23. The summed E-state index contributed by atoms with van der Waals surface area (Å²) in [7, 11) is 2.95. The monoisotopic (exact) mass is 286 g/mol. The van der Waals surface area contributed by atoms with Crippen LogP contribution in [0.2, 0.25) is 0 Å². The Labute approximate surface area is 118 Å². The van der Waals surface area contributed by atoms with E-state index in [1.807, 2.05) is 0 Å². The molecular weight excluding hydrogens is 275 g/mol. The molecule has 0 saturated heterocycles. The van der Waals surface area contributed by atoms with E-state index in [2.05, 4.69) is 9.97 Å². The van der Waals surface area contributed by atoms with Gasteiger partial charge in [0, 0.05) is 25.9 Å². The largest absolute Gasteiger partial charge is 0.352 e. The molecule has 1 aromatic rings. The minimum atomic E-state index is -0.649. The Morgan fingerprint density at radius 1 is 1.10 bits per heavy atom. The van der Waals surface area contributed by atoms with E-state index in [0.29, 0.717) is 5.69 Å². The molecule has 0 spiro atoms. The lowest BCUT2D eigenvalue weighted by atomic mass is 10.1. The van der Waals surface area contributed by atoms with Crippen molar-refractivity contribution >= 4 is 0 Å². The lowest BCUT2D eigenvalue weighted by molar-refractivity contribution is 0.630. The first kappa shape index (κ1) is 13.2. The van der Waals surface area contributed by atoms with E-state index in [-0.39, 0.29) is 17.1 Å². The van der Waals surface area contributed by atoms with E-state index >= 15 is 0 Å². The molecule has 2 heterocycles. The van der Waals surface area contributed by atoms with Crippen molar-refractivity contribution in [3.8, 4) is 22.8 Å². The van der Waals surface area contributed by atoms with E-state index in [1.54, 1.807) is 25.2 Å². The summed E-state index contributed by atoms with van der Waals surface area (Å²) in [4.78, 5) is 31.7. The van der Waals surface area contributed by atoms with Crippen molar-refractivity contribution in [3.05, 3.63) is 57.1 Å². The van der Waals surface area contributed by atoms with E-state index in [0.717, 1.165) is 4.57 Å². The van der Waals surface area contributed by atoms with Gasteiger partial charge < -0.3 is 4.57 Å². The first-order valence-electron chi connectivity index (χ1n) is 6.18. The van der Waals surface area contributed by atoms with Gasteiger partial charge in [-0.15, -0.1) is 0 Å². The summed E-state index contributed by atoms with van der Waals surface area (Å²) in [6.07, 6.45) is 1.53. The molecule has 0 unspecified atom stereocenters. The van der Waals surface area contributed by atoms with Crippen molar-refractivity contribution < 1.29 is 4.39 Å². The number of fused-ring (bicyclic) bond motifs is 1. The van der Waals surface area contributed by atoms with Crippen molar-refractivity contribution in [2.75, 3.05) is 0 Å². The maximum atomic E-state index is 13.9. The summed E-state index contributed by atoms with van der Waals surface area (Å²) in [6.45, 7) is 0. The molecule has 0 aromatic heterocycles. The minimum absolute atomic E-state index is 0.0281. The average molecular weight is 286 g/mol. The van der Waals surface area contributed by atoms with Gasteiger partial charge in [0.1, 0.15) is 5.82 Å². The number of halogens is 1. The third-order valence-electron chi connectivity index (χ3n) is 3.24. The van der Waals surface area contributed by atoms with E-state index in [4.69, 9.17) is 0 Å². The Morgan fingerprint density at radius 2 is 1.81 bits per heavy atom. The van der Waals surface area contributed by atoms with Crippen molar-refractivity contribution in [2.45, 2.75) is 0 Å². The second-order valence-corrected chi connectivity index (χ2v) is 4.65. The standard InChI is InChI=1S/C14H11FN4O2/c1-18-7-10(8-5-3-4-6-9(8)15)16-11-12(18)17-14(21)19(2)13(11)20/h3-7H,1-2H3. The fraction of sp³-hybridized carbons (Fsp3) is 0.143. The molecule has 7 heteroatoms. The van der Waals surface area contributed by atoms with Gasteiger partial charge in [-0.2, -0.15) is 4.98 Å². The van der Waals surface area contributed by atoms with Gasteiger partial charge >= 0.3 is 5.69 Å². The van der Waals surface area contributed by atoms with Gasteiger partial charge in [0.25, 0.3) is 5.56 Å².